The summed E-state index contributed by atoms with van der Waals surface area (Å²) in [5, 5.41) is 7.88. The van der Waals surface area contributed by atoms with E-state index in [0.717, 1.165) is 30.9 Å². The number of nitrogens with zero attached hydrogens (tertiary/aromatic N) is 3. The van der Waals surface area contributed by atoms with E-state index in [9.17, 15) is 4.79 Å². The van der Waals surface area contributed by atoms with Crippen LogP contribution in [0.5, 0.6) is 0 Å². The van der Waals surface area contributed by atoms with Crippen LogP contribution in [0.15, 0.2) is 30.5 Å². The number of rotatable bonds is 5. The van der Waals surface area contributed by atoms with Crippen LogP contribution < -0.4 is 10.2 Å². The number of carbonyl (C=O) groups excluding carboxylic acids is 1. The number of amides is 1. The predicted octanol–water partition coefficient (Wildman–Crippen LogP) is 3.55. The van der Waals surface area contributed by atoms with Crippen LogP contribution in [0.3, 0.4) is 0 Å². The summed E-state index contributed by atoms with van der Waals surface area (Å²) in [5.74, 6) is -0.113. The molecule has 0 saturated carbocycles. The van der Waals surface area contributed by atoms with Crippen LogP contribution in [0, 0.1) is 0 Å². The Morgan fingerprint density at radius 3 is 2.67 bits per heavy atom. The fraction of sp³-hybridized carbons (Fsp3) is 0.444. The first kappa shape index (κ1) is 16.8. The Bertz CT molecular complexity index is 722. The average Bonchev–Trinajstić information content (AvgIpc) is 3.24. The number of carbonyl (C=O) groups is 1. The van der Waals surface area contributed by atoms with E-state index in [4.69, 9.17) is 11.6 Å². The van der Waals surface area contributed by atoms with Crippen LogP contribution in [0.1, 0.15) is 48.3 Å². The molecule has 3 rings (SSSR count). The lowest BCUT2D eigenvalue weighted by Gasteiger charge is -2.20. The molecule has 2 aromatic rings. The van der Waals surface area contributed by atoms with Gasteiger partial charge in [0.05, 0.1) is 22.4 Å². The molecular formula is C18H23ClN4O. The van der Waals surface area contributed by atoms with Crippen molar-refractivity contribution in [1.29, 1.82) is 0 Å². The smallest absolute Gasteiger partial charge is 0.251 e. The Morgan fingerprint density at radius 1 is 1.33 bits per heavy atom. The summed E-state index contributed by atoms with van der Waals surface area (Å²) in [4.78, 5) is 14.9. The summed E-state index contributed by atoms with van der Waals surface area (Å²) in [6.45, 7) is 4.11. The predicted molar refractivity (Wildman–Crippen MR) is 96.6 cm³/mol. The van der Waals surface area contributed by atoms with Crippen molar-refractivity contribution in [1.82, 2.24) is 15.1 Å². The second-order valence-corrected chi connectivity index (χ2v) is 6.58. The third-order valence-corrected chi connectivity index (χ3v) is 4.89. The van der Waals surface area contributed by atoms with E-state index < -0.39 is 0 Å². The number of nitrogens with one attached hydrogen (secondary N) is 1. The number of hydrogen-bond acceptors (Lipinski definition) is 3. The minimum Gasteiger partial charge on any atom is -0.370 e. The highest BCUT2D eigenvalue weighted by molar-refractivity contribution is 6.33. The number of aromatic nitrogens is 2. The second-order valence-electron chi connectivity index (χ2n) is 6.17. The molecule has 5 nitrogen and oxygen atoms in total. The van der Waals surface area contributed by atoms with Gasteiger partial charge in [-0.25, -0.2) is 0 Å². The molecule has 1 atom stereocenters. The van der Waals surface area contributed by atoms with Crippen molar-refractivity contribution in [2.45, 2.75) is 32.2 Å². The Labute approximate surface area is 147 Å². The van der Waals surface area contributed by atoms with E-state index >= 15 is 0 Å². The van der Waals surface area contributed by atoms with E-state index in [1.54, 1.807) is 16.9 Å². The van der Waals surface area contributed by atoms with Crippen molar-refractivity contribution in [2.75, 3.05) is 18.0 Å². The zero-order valence-electron chi connectivity index (χ0n) is 14.1. The number of benzene rings is 1. The fourth-order valence-corrected chi connectivity index (χ4v) is 3.52. The molecule has 6 heteroatoms. The largest absolute Gasteiger partial charge is 0.370 e. The van der Waals surface area contributed by atoms with Crippen molar-refractivity contribution >= 4 is 23.2 Å². The maximum Gasteiger partial charge on any atom is 0.251 e. The molecule has 1 fully saturated rings. The highest BCUT2D eigenvalue weighted by Gasteiger charge is 2.19. The number of halogens is 1. The molecule has 128 valence electrons. The molecule has 1 amide bonds. The molecule has 0 aliphatic carbocycles. The zero-order chi connectivity index (χ0) is 17.1. The van der Waals surface area contributed by atoms with Gasteiger partial charge in [0.25, 0.3) is 5.91 Å². The van der Waals surface area contributed by atoms with Gasteiger partial charge in [0.15, 0.2) is 0 Å². The molecule has 24 heavy (non-hydrogen) atoms. The number of aryl methyl sites for hydroxylation is 1. The monoisotopic (exact) mass is 346 g/mol. The molecular weight excluding hydrogens is 324 g/mol. The Kier molecular flexibility index (Phi) is 5.09. The topological polar surface area (TPSA) is 50.2 Å². The lowest BCUT2D eigenvalue weighted by molar-refractivity contribution is 0.0934. The number of hydrogen-bond donors (Lipinski definition) is 1. The third kappa shape index (κ3) is 3.41. The molecule has 1 aromatic carbocycles. The van der Waals surface area contributed by atoms with Gasteiger partial charge in [0.2, 0.25) is 0 Å². The van der Waals surface area contributed by atoms with E-state index in [-0.39, 0.29) is 11.9 Å². The Hall–Kier alpha value is -2.01. The molecule has 1 saturated heterocycles. The summed E-state index contributed by atoms with van der Waals surface area (Å²) in [5.41, 5.74) is 2.60. The highest BCUT2D eigenvalue weighted by atomic mass is 35.5. The minimum atomic E-state index is -0.113. The van der Waals surface area contributed by atoms with Gasteiger partial charge in [-0.1, -0.05) is 18.5 Å². The van der Waals surface area contributed by atoms with Crippen LogP contribution in [-0.4, -0.2) is 28.8 Å². The van der Waals surface area contributed by atoms with Gasteiger partial charge in [-0.2, -0.15) is 5.10 Å². The van der Waals surface area contributed by atoms with Gasteiger partial charge in [-0.05, 0) is 43.5 Å². The maximum atomic E-state index is 12.6. The highest BCUT2D eigenvalue weighted by Crippen LogP contribution is 2.29. The summed E-state index contributed by atoms with van der Waals surface area (Å²) >= 11 is 6.41. The van der Waals surface area contributed by atoms with Crippen molar-refractivity contribution in [3.05, 3.63) is 46.7 Å². The summed E-state index contributed by atoms with van der Waals surface area (Å²) in [7, 11) is 1.88. The number of anilines is 1. The van der Waals surface area contributed by atoms with Crippen LogP contribution in [0.25, 0.3) is 0 Å². The van der Waals surface area contributed by atoms with Gasteiger partial charge in [0.1, 0.15) is 0 Å². The fourth-order valence-electron chi connectivity index (χ4n) is 3.22. The van der Waals surface area contributed by atoms with Crippen LogP contribution in [-0.2, 0) is 7.05 Å². The third-order valence-electron chi connectivity index (χ3n) is 4.59. The Balaban J connectivity index is 1.75. The first-order chi connectivity index (χ1) is 11.6. The van der Waals surface area contributed by atoms with Crippen molar-refractivity contribution in [3.8, 4) is 0 Å². The quantitative estimate of drug-likeness (QED) is 0.900. The average molecular weight is 347 g/mol. The van der Waals surface area contributed by atoms with E-state index in [1.807, 2.05) is 32.2 Å². The van der Waals surface area contributed by atoms with Crippen LogP contribution >= 0.6 is 11.6 Å². The summed E-state index contributed by atoms with van der Waals surface area (Å²) in [6.07, 6.45) is 4.93. The summed E-state index contributed by atoms with van der Waals surface area (Å²) < 4.78 is 1.79. The first-order valence-electron chi connectivity index (χ1n) is 8.43. The first-order valence-corrected chi connectivity index (χ1v) is 8.81. The molecule has 2 heterocycles. The zero-order valence-corrected chi connectivity index (χ0v) is 14.9. The van der Waals surface area contributed by atoms with Crippen molar-refractivity contribution in [2.24, 2.45) is 7.05 Å². The normalized spacial score (nSPS) is 15.5. The van der Waals surface area contributed by atoms with Gasteiger partial charge in [-0.15, -0.1) is 0 Å². The molecule has 1 unspecified atom stereocenters. The molecule has 1 N–H and O–H groups in total. The minimum absolute atomic E-state index is 0.0676. The van der Waals surface area contributed by atoms with E-state index in [0.29, 0.717) is 10.6 Å². The molecule has 0 spiro atoms. The molecule has 1 aliphatic rings. The second kappa shape index (κ2) is 7.26. The van der Waals surface area contributed by atoms with E-state index in [2.05, 4.69) is 15.3 Å². The Morgan fingerprint density at radius 2 is 2.08 bits per heavy atom. The van der Waals surface area contributed by atoms with Gasteiger partial charge < -0.3 is 10.2 Å². The van der Waals surface area contributed by atoms with Crippen molar-refractivity contribution < 1.29 is 4.79 Å². The van der Waals surface area contributed by atoms with Crippen LogP contribution in [0.4, 0.5) is 5.69 Å². The molecule has 0 radical (unpaired) electrons. The molecule has 0 bridgehead atoms. The lowest BCUT2D eigenvalue weighted by atomic mass is 10.1. The van der Waals surface area contributed by atoms with Gasteiger partial charge in [-0.3, -0.25) is 9.48 Å². The molecule has 1 aromatic heterocycles. The molecule has 1 aliphatic heterocycles. The lowest BCUT2D eigenvalue weighted by Crippen LogP contribution is -2.29. The summed E-state index contributed by atoms with van der Waals surface area (Å²) in [6, 6.07) is 7.43. The van der Waals surface area contributed by atoms with Gasteiger partial charge in [0, 0.05) is 31.9 Å². The van der Waals surface area contributed by atoms with Crippen LogP contribution in [0.2, 0.25) is 5.02 Å². The van der Waals surface area contributed by atoms with Crippen molar-refractivity contribution in [3.63, 3.8) is 0 Å². The van der Waals surface area contributed by atoms with E-state index in [1.165, 1.54) is 12.8 Å². The maximum absolute atomic E-state index is 12.6. The SMILES string of the molecule is CCC(NC(=O)c1ccc(N2CCCC2)c(Cl)c1)c1ccnn1C. The standard InChI is InChI=1S/C18H23ClN4O/c1-3-15(17-8-9-20-22(17)2)21-18(24)13-6-7-16(14(19)12-13)23-10-4-5-11-23/h6-9,12,15H,3-5,10-11H2,1-2H3,(H,21,24). The van der Waals surface area contributed by atoms with Gasteiger partial charge >= 0.3 is 0 Å².